The lowest BCUT2D eigenvalue weighted by Crippen LogP contribution is -2.64. The first-order valence-corrected chi connectivity index (χ1v) is 16.8. The summed E-state index contributed by atoms with van der Waals surface area (Å²) in [5.74, 6) is 0.500. The van der Waals surface area contributed by atoms with E-state index in [2.05, 4.69) is 158 Å². The summed E-state index contributed by atoms with van der Waals surface area (Å²) in [6.07, 6.45) is 6.81. The summed E-state index contributed by atoms with van der Waals surface area (Å²) in [5, 5.41) is 2.37. The third kappa shape index (κ3) is 3.78. The van der Waals surface area contributed by atoms with Crippen LogP contribution < -0.4 is 9.13 Å². The standard InChI is InChI=1S/C43H38N2O/c1-4-43(5-2)42(32-19-10-9-17-30(32)39-23-28(3)36(27-45(39)43)29-15-7-6-8-16-29)37-26-44-22-14-13-20-38(44)34-24-35-31-18-11-12-21-40(31)46-41(35)25-33(34)37/h6-25,27,37,42H,4-5,26H2,1-3H3/q+2. The van der Waals surface area contributed by atoms with Crippen molar-refractivity contribution < 1.29 is 13.6 Å². The molecule has 2 atom stereocenters. The maximum absolute atomic E-state index is 6.54. The molecule has 46 heavy (non-hydrogen) atoms. The second-order valence-corrected chi connectivity index (χ2v) is 13.2. The minimum absolute atomic E-state index is 0.126. The zero-order chi connectivity index (χ0) is 31.0. The molecule has 2 aliphatic rings. The first kappa shape index (κ1) is 27.3. The van der Waals surface area contributed by atoms with Crippen molar-refractivity contribution in [2.75, 3.05) is 0 Å². The maximum atomic E-state index is 6.54. The van der Waals surface area contributed by atoms with Crippen molar-refractivity contribution >= 4 is 21.9 Å². The summed E-state index contributed by atoms with van der Waals surface area (Å²) in [6.45, 7) is 7.98. The van der Waals surface area contributed by atoms with Crippen LogP contribution in [0.5, 0.6) is 0 Å². The number of fused-ring (bicyclic) bond motifs is 9. The van der Waals surface area contributed by atoms with Crippen molar-refractivity contribution in [3.63, 3.8) is 0 Å². The molecule has 3 heteroatoms. The van der Waals surface area contributed by atoms with Gasteiger partial charge in [0.2, 0.25) is 11.4 Å². The van der Waals surface area contributed by atoms with Gasteiger partial charge in [0.25, 0.3) is 0 Å². The van der Waals surface area contributed by atoms with E-state index in [4.69, 9.17) is 4.42 Å². The predicted octanol–water partition coefficient (Wildman–Crippen LogP) is 9.88. The number of hydrogen-bond acceptors (Lipinski definition) is 1. The van der Waals surface area contributed by atoms with E-state index < -0.39 is 0 Å². The van der Waals surface area contributed by atoms with E-state index in [1.54, 1.807) is 0 Å². The molecule has 224 valence electrons. The molecule has 0 N–H and O–H groups in total. The molecule has 3 nitrogen and oxygen atoms in total. The number of pyridine rings is 2. The number of benzene rings is 4. The molecular weight excluding hydrogens is 560 g/mol. The highest BCUT2D eigenvalue weighted by Gasteiger charge is 2.56. The third-order valence-electron chi connectivity index (χ3n) is 11.2. The second-order valence-electron chi connectivity index (χ2n) is 13.2. The highest BCUT2D eigenvalue weighted by Crippen LogP contribution is 2.54. The molecule has 0 fully saturated rings. The van der Waals surface area contributed by atoms with Crippen LogP contribution >= 0.6 is 0 Å². The van der Waals surface area contributed by atoms with E-state index in [1.165, 1.54) is 61.1 Å². The second kappa shape index (κ2) is 10.3. The van der Waals surface area contributed by atoms with Gasteiger partial charge in [-0.05, 0) is 59.5 Å². The van der Waals surface area contributed by atoms with Gasteiger partial charge in [0.1, 0.15) is 11.2 Å². The van der Waals surface area contributed by atoms with Gasteiger partial charge >= 0.3 is 0 Å². The van der Waals surface area contributed by atoms with Crippen LogP contribution in [0.25, 0.3) is 55.6 Å². The lowest BCUT2D eigenvalue weighted by Gasteiger charge is -2.44. The van der Waals surface area contributed by atoms with E-state index in [1.807, 2.05) is 0 Å². The van der Waals surface area contributed by atoms with E-state index in [9.17, 15) is 0 Å². The number of hydrogen-bond donors (Lipinski definition) is 0. The maximum Gasteiger partial charge on any atom is 0.213 e. The summed E-state index contributed by atoms with van der Waals surface area (Å²) in [4.78, 5) is 0. The monoisotopic (exact) mass is 598 g/mol. The normalized spacial score (nSPS) is 17.7. The fourth-order valence-corrected chi connectivity index (χ4v) is 9.00. The van der Waals surface area contributed by atoms with Crippen molar-refractivity contribution in [3.8, 4) is 33.6 Å². The highest BCUT2D eigenvalue weighted by atomic mass is 16.3. The van der Waals surface area contributed by atoms with Crippen molar-refractivity contribution in [1.82, 2.24) is 0 Å². The van der Waals surface area contributed by atoms with Crippen LogP contribution in [0.4, 0.5) is 0 Å². The summed E-state index contributed by atoms with van der Waals surface area (Å²) >= 11 is 0. The largest absolute Gasteiger partial charge is 0.456 e. The van der Waals surface area contributed by atoms with Gasteiger partial charge in [0.15, 0.2) is 24.5 Å². The molecule has 0 saturated carbocycles. The highest BCUT2D eigenvalue weighted by molar-refractivity contribution is 6.06. The number of para-hydroxylation sites is 1. The van der Waals surface area contributed by atoms with Crippen molar-refractivity contribution in [2.45, 2.75) is 57.5 Å². The molecule has 3 aromatic heterocycles. The van der Waals surface area contributed by atoms with E-state index in [-0.39, 0.29) is 17.4 Å². The molecule has 0 saturated heterocycles. The Morgan fingerprint density at radius 3 is 2.28 bits per heavy atom. The molecule has 0 bridgehead atoms. The average molecular weight is 599 g/mol. The molecule has 2 aliphatic heterocycles. The Hall–Kier alpha value is -5.02. The van der Waals surface area contributed by atoms with Gasteiger partial charge in [-0.25, -0.2) is 0 Å². The van der Waals surface area contributed by atoms with E-state index in [0.717, 1.165) is 30.6 Å². The predicted molar refractivity (Wildman–Crippen MR) is 186 cm³/mol. The number of furan rings is 1. The molecule has 2 unspecified atom stereocenters. The molecule has 9 rings (SSSR count). The molecule has 0 spiro atoms. The Balaban J connectivity index is 1.33. The molecule has 7 aromatic rings. The molecule has 0 aliphatic carbocycles. The van der Waals surface area contributed by atoms with Crippen LogP contribution in [0, 0.1) is 6.92 Å². The SMILES string of the molecule is CCC1(CC)C(C2C[n+]3ccccc3-c3cc4c(cc32)oc2ccccc24)c2ccccc2-c2cc(C)c(-c3ccccc3)c[n+]21. The average Bonchev–Trinajstić information content (AvgIpc) is 3.48. The topological polar surface area (TPSA) is 20.9 Å². The van der Waals surface area contributed by atoms with Gasteiger partial charge in [-0.3, -0.25) is 0 Å². The van der Waals surface area contributed by atoms with E-state index >= 15 is 0 Å². The number of rotatable bonds is 4. The summed E-state index contributed by atoms with van der Waals surface area (Å²) in [7, 11) is 0. The Morgan fingerprint density at radius 1 is 0.674 bits per heavy atom. The lowest BCUT2D eigenvalue weighted by molar-refractivity contribution is -0.765. The summed E-state index contributed by atoms with van der Waals surface area (Å²) in [6, 6.07) is 42.4. The van der Waals surface area contributed by atoms with Gasteiger partial charge < -0.3 is 4.42 Å². The Kier molecular flexibility index (Phi) is 6.08. The minimum atomic E-state index is -0.126. The molecule has 5 heterocycles. The zero-order valence-corrected chi connectivity index (χ0v) is 26.7. The molecule has 0 amide bonds. The number of nitrogens with zero attached hydrogens (tertiary/aromatic N) is 2. The van der Waals surface area contributed by atoms with E-state index in [0.29, 0.717) is 0 Å². The number of aromatic nitrogens is 2. The van der Waals surface area contributed by atoms with Crippen LogP contribution in [-0.2, 0) is 12.1 Å². The van der Waals surface area contributed by atoms with Crippen LogP contribution in [0.15, 0.2) is 132 Å². The van der Waals surface area contributed by atoms with Gasteiger partial charge in [-0.1, -0.05) is 80.6 Å². The lowest BCUT2D eigenvalue weighted by atomic mass is 9.62. The van der Waals surface area contributed by atoms with Crippen molar-refractivity contribution in [3.05, 3.63) is 144 Å². The summed E-state index contributed by atoms with van der Waals surface area (Å²) in [5.41, 5.74) is 13.8. The van der Waals surface area contributed by atoms with Crippen LogP contribution in [0.1, 0.15) is 55.2 Å². The third-order valence-corrected chi connectivity index (χ3v) is 11.2. The Morgan fingerprint density at radius 2 is 1.43 bits per heavy atom. The van der Waals surface area contributed by atoms with Crippen LogP contribution in [0.2, 0.25) is 0 Å². The number of aryl methyl sites for hydroxylation is 1. The van der Waals surface area contributed by atoms with Gasteiger partial charge in [-0.2, -0.15) is 9.13 Å². The van der Waals surface area contributed by atoms with Crippen LogP contribution in [0.3, 0.4) is 0 Å². The zero-order valence-electron chi connectivity index (χ0n) is 26.7. The fraction of sp³-hybridized carbons (Fsp3) is 0.209. The summed E-state index contributed by atoms with van der Waals surface area (Å²) < 4.78 is 11.7. The van der Waals surface area contributed by atoms with Gasteiger partial charge in [0.05, 0.1) is 17.4 Å². The fourth-order valence-electron chi connectivity index (χ4n) is 9.00. The Bertz CT molecular complexity index is 2290. The molecular formula is C43H38N2O+2. The van der Waals surface area contributed by atoms with Gasteiger partial charge in [0, 0.05) is 52.9 Å². The molecule has 0 radical (unpaired) electrons. The van der Waals surface area contributed by atoms with Gasteiger partial charge in [-0.15, -0.1) is 0 Å². The van der Waals surface area contributed by atoms with Crippen molar-refractivity contribution in [1.29, 1.82) is 0 Å². The smallest absolute Gasteiger partial charge is 0.213 e. The first-order valence-electron chi connectivity index (χ1n) is 16.8. The Labute approximate surface area is 270 Å². The van der Waals surface area contributed by atoms with Crippen molar-refractivity contribution in [2.24, 2.45) is 0 Å². The van der Waals surface area contributed by atoms with Crippen LogP contribution in [-0.4, -0.2) is 0 Å². The minimum Gasteiger partial charge on any atom is -0.456 e. The first-order chi connectivity index (χ1) is 22.6. The quantitative estimate of drug-likeness (QED) is 0.185. The molecule has 4 aromatic carbocycles.